The fourth-order valence-electron chi connectivity index (χ4n) is 1.72. The summed E-state index contributed by atoms with van der Waals surface area (Å²) < 4.78 is 25.2. The highest BCUT2D eigenvalue weighted by Crippen LogP contribution is 2.21. The molecule has 0 heterocycles. The molecule has 1 rings (SSSR count). The highest BCUT2D eigenvalue weighted by molar-refractivity contribution is 7.89. The summed E-state index contributed by atoms with van der Waals surface area (Å²) in [6.45, 7) is 3.27. The Morgan fingerprint density at radius 2 is 1.53 bits per heavy atom. The summed E-state index contributed by atoms with van der Waals surface area (Å²) in [5.41, 5.74) is 1.29. The first kappa shape index (κ1) is 14.2. The van der Waals surface area contributed by atoms with Crippen molar-refractivity contribution in [1.29, 1.82) is 0 Å². The molecule has 0 radical (unpaired) electrons. The molecule has 17 heavy (non-hydrogen) atoms. The van der Waals surface area contributed by atoms with Crippen molar-refractivity contribution >= 4 is 22.6 Å². The molecule has 0 unspecified atom stereocenters. The molecule has 0 bridgehead atoms. The topological polar surface area (TPSA) is 77.8 Å². The Bertz CT molecular complexity index is 502. The maximum Gasteiger partial charge on any atom is 0.488 e. The van der Waals surface area contributed by atoms with E-state index in [1.54, 1.807) is 13.8 Å². The molecule has 0 atom stereocenters. The molecule has 1 aromatic carbocycles. The summed E-state index contributed by atoms with van der Waals surface area (Å²) in [6.07, 6.45) is 0. The van der Waals surface area contributed by atoms with E-state index in [-0.39, 0.29) is 10.4 Å². The van der Waals surface area contributed by atoms with Crippen LogP contribution in [0.3, 0.4) is 0 Å². The van der Waals surface area contributed by atoms with E-state index in [1.165, 1.54) is 26.2 Å². The molecule has 0 amide bonds. The number of sulfonamides is 1. The van der Waals surface area contributed by atoms with Crippen molar-refractivity contribution < 1.29 is 18.5 Å². The number of benzene rings is 1. The van der Waals surface area contributed by atoms with Gasteiger partial charge in [0, 0.05) is 14.1 Å². The molecule has 0 spiro atoms. The Kier molecular flexibility index (Phi) is 3.98. The largest absolute Gasteiger partial charge is 0.488 e. The molecule has 7 heteroatoms. The van der Waals surface area contributed by atoms with Gasteiger partial charge in [-0.15, -0.1) is 0 Å². The molecule has 5 nitrogen and oxygen atoms in total. The minimum Gasteiger partial charge on any atom is -0.423 e. The third-order valence-electron chi connectivity index (χ3n) is 2.52. The van der Waals surface area contributed by atoms with Crippen LogP contribution in [0.25, 0.3) is 0 Å². The Morgan fingerprint density at radius 1 is 1.12 bits per heavy atom. The second-order valence-corrected chi connectivity index (χ2v) is 6.23. The van der Waals surface area contributed by atoms with Crippen molar-refractivity contribution in [3.63, 3.8) is 0 Å². The molecular weight excluding hydrogens is 241 g/mol. The van der Waals surface area contributed by atoms with Crippen molar-refractivity contribution in [2.75, 3.05) is 14.1 Å². The normalized spacial score (nSPS) is 11.9. The van der Waals surface area contributed by atoms with E-state index < -0.39 is 17.1 Å². The van der Waals surface area contributed by atoms with Crippen molar-refractivity contribution in [3.05, 3.63) is 23.3 Å². The fourth-order valence-corrected chi connectivity index (χ4v) is 3.02. The van der Waals surface area contributed by atoms with Crippen LogP contribution < -0.4 is 5.46 Å². The third-order valence-corrected chi connectivity index (χ3v) is 4.64. The molecule has 0 aliphatic heterocycles. The third kappa shape index (κ3) is 2.69. The maximum absolute atomic E-state index is 12.1. The van der Waals surface area contributed by atoms with Crippen LogP contribution in [0.5, 0.6) is 0 Å². The second kappa shape index (κ2) is 4.77. The average Bonchev–Trinajstić information content (AvgIpc) is 2.15. The molecule has 0 saturated heterocycles. The monoisotopic (exact) mass is 257 g/mol. The first-order chi connectivity index (χ1) is 7.67. The first-order valence-corrected chi connectivity index (χ1v) is 6.51. The smallest absolute Gasteiger partial charge is 0.423 e. The number of rotatable bonds is 3. The van der Waals surface area contributed by atoms with Crippen molar-refractivity contribution in [2.24, 2.45) is 0 Å². The maximum atomic E-state index is 12.1. The molecular formula is C10H16BNO4S. The van der Waals surface area contributed by atoms with Gasteiger partial charge in [-0.3, -0.25) is 0 Å². The van der Waals surface area contributed by atoms with Gasteiger partial charge in [0.05, 0.1) is 4.90 Å². The van der Waals surface area contributed by atoms with Crippen LogP contribution in [0, 0.1) is 13.8 Å². The van der Waals surface area contributed by atoms with Crippen molar-refractivity contribution in [2.45, 2.75) is 18.7 Å². The Hall–Kier alpha value is -0.885. The molecule has 2 N–H and O–H groups in total. The molecule has 0 aromatic heterocycles. The average molecular weight is 257 g/mol. The molecule has 0 saturated carbocycles. The van der Waals surface area contributed by atoms with Gasteiger partial charge in [-0.05, 0) is 30.4 Å². The van der Waals surface area contributed by atoms with Gasteiger partial charge in [-0.1, -0.05) is 12.1 Å². The van der Waals surface area contributed by atoms with Gasteiger partial charge in [0.2, 0.25) is 10.0 Å². The molecule has 0 aliphatic rings. The highest BCUT2D eigenvalue weighted by atomic mass is 32.2. The van der Waals surface area contributed by atoms with Crippen LogP contribution >= 0.6 is 0 Å². The van der Waals surface area contributed by atoms with E-state index in [9.17, 15) is 8.42 Å². The second-order valence-electron chi connectivity index (χ2n) is 4.14. The number of nitrogens with zero attached hydrogens (tertiary/aromatic N) is 1. The van der Waals surface area contributed by atoms with Crippen molar-refractivity contribution in [1.82, 2.24) is 4.31 Å². The van der Waals surface area contributed by atoms with Crippen LogP contribution in [0.2, 0.25) is 0 Å². The molecule has 0 fully saturated rings. The summed E-state index contributed by atoms with van der Waals surface area (Å²) in [5.74, 6) is 0. The first-order valence-electron chi connectivity index (χ1n) is 5.07. The van der Waals surface area contributed by atoms with E-state index >= 15 is 0 Å². The number of aryl methyl sites for hydroxylation is 2. The van der Waals surface area contributed by atoms with E-state index in [4.69, 9.17) is 10.0 Å². The lowest BCUT2D eigenvalue weighted by Gasteiger charge is -2.17. The Morgan fingerprint density at radius 3 is 1.82 bits per heavy atom. The zero-order chi connectivity index (χ0) is 13.4. The van der Waals surface area contributed by atoms with Gasteiger partial charge in [-0.25, -0.2) is 12.7 Å². The van der Waals surface area contributed by atoms with E-state index in [0.717, 1.165) is 4.31 Å². The predicted octanol–water partition coefficient (Wildman–Crippen LogP) is -0.766. The molecule has 1 aromatic rings. The lowest BCUT2D eigenvalue weighted by atomic mass is 9.79. The molecule has 0 aliphatic carbocycles. The Balaban J connectivity index is 3.49. The van der Waals surface area contributed by atoms with E-state index in [0.29, 0.717) is 11.1 Å². The standard InChI is InChI=1S/C10H16BNO4S/c1-7-5-9(11(13)14)6-8(2)10(7)17(15,16)12(3)4/h5-6,13-14H,1-4H3. The van der Waals surface area contributed by atoms with Crippen LogP contribution in [0.1, 0.15) is 11.1 Å². The Labute approximate surface area is 102 Å². The lowest BCUT2D eigenvalue weighted by Crippen LogP contribution is -2.32. The van der Waals surface area contributed by atoms with Gasteiger partial charge < -0.3 is 10.0 Å². The van der Waals surface area contributed by atoms with Gasteiger partial charge >= 0.3 is 7.12 Å². The van der Waals surface area contributed by atoms with Crippen LogP contribution in [-0.2, 0) is 10.0 Å². The van der Waals surface area contributed by atoms with Crippen LogP contribution in [0.4, 0.5) is 0 Å². The summed E-state index contributed by atoms with van der Waals surface area (Å²) in [4.78, 5) is 0.215. The molecule has 94 valence electrons. The van der Waals surface area contributed by atoms with Gasteiger partial charge in [0.25, 0.3) is 0 Å². The van der Waals surface area contributed by atoms with E-state index in [1.807, 2.05) is 0 Å². The van der Waals surface area contributed by atoms with Crippen molar-refractivity contribution in [3.8, 4) is 0 Å². The highest BCUT2D eigenvalue weighted by Gasteiger charge is 2.24. The summed E-state index contributed by atoms with van der Waals surface area (Å²) in [5, 5.41) is 18.1. The van der Waals surface area contributed by atoms with Gasteiger partial charge in [0.15, 0.2) is 0 Å². The minimum absolute atomic E-state index is 0.215. The predicted molar refractivity (Wildman–Crippen MR) is 66.6 cm³/mol. The summed E-state index contributed by atoms with van der Waals surface area (Å²) in [6, 6.07) is 2.93. The zero-order valence-corrected chi connectivity index (χ0v) is 11.1. The number of hydrogen-bond donors (Lipinski definition) is 2. The lowest BCUT2D eigenvalue weighted by molar-refractivity contribution is 0.425. The zero-order valence-electron chi connectivity index (χ0n) is 10.3. The van der Waals surface area contributed by atoms with E-state index in [2.05, 4.69) is 0 Å². The van der Waals surface area contributed by atoms with Crippen LogP contribution in [0.15, 0.2) is 17.0 Å². The quantitative estimate of drug-likeness (QED) is 0.697. The van der Waals surface area contributed by atoms with Gasteiger partial charge in [-0.2, -0.15) is 0 Å². The minimum atomic E-state index is -3.51. The summed E-state index contributed by atoms with van der Waals surface area (Å²) >= 11 is 0. The fraction of sp³-hybridized carbons (Fsp3) is 0.400. The van der Waals surface area contributed by atoms with Crippen LogP contribution in [-0.4, -0.2) is 44.0 Å². The van der Waals surface area contributed by atoms with Gasteiger partial charge in [0.1, 0.15) is 0 Å². The number of hydrogen-bond acceptors (Lipinski definition) is 4. The SMILES string of the molecule is Cc1cc(B(O)O)cc(C)c1S(=O)(=O)N(C)C. The summed E-state index contributed by atoms with van der Waals surface area (Å²) in [7, 11) is -2.18.